The van der Waals surface area contributed by atoms with Crippen LogP contribution in [-0.2, 0) is 11.2 Å². The van der Waals surface area contributed by atoms with Crippen LogP contribution in [0.5, 0.6) is 11.5 Å². The Balaban J connectivity index is 1.69. The fourth-order valence-corrected chi connectivity index (χ4v) is 2.38. The van der Waals surface area contributed by atoms with Gasteiger partial charge in [0.05, 0.1) is 7.11 Å². The van der Waals surface area contributed by atoms with Crippen molar-refractivity contribution in [3.8, 4) is 11.5 Å². The molecule has 0 atom stereocenters. The van der Waals surface area contributed by atoms with Crippen LogP contribution >= 0.6 is 0 Å². The van der Waals surface area contributed by atoms with Crippen LogP contribution in [0.4, 0.5) is 0 Å². The Morgan fingerprint density at radius 2 is 1.77 bits per heavy atom. The third kappa shape index (κ3) is 5.81. The number of para-hydroxylation sites is 1. The Morgan fingerprint density at radius 3 is 2.54 bits per heavy atom. The summed E-state index contributed by atoms with van der Waals surface area (Å²) in [6.45, 7) is 2.63. The second-order valence-corrected chi connectivity index (χ2v) is 5.59. The monoisotopic (exact) mass is 356 g/mol. The van der Waals surface area contributed by atoms with Crippen LogP contribution in [0.15, 0.2) is 48.5 Å². The standard InChI is InChI=1S/C20H24N2O4/c1-3-15-7-4-5-10-18(15)26-14-19(23)21-11-12-22-20(24)16-8-6-9-17(13-16)25-2/h4-10,13H,3,11-12,14H2,1-2H3,(H,21,23)(H,22,24). The molecule has 0 aliphatic carbocycles. The first-order valence-corrected chi connectivity index (χ1v) is 8.53. The summed E-state index contributed by atoms with van der Waals surface area (Å²) in [7, 11) is 1.55. The fraction of sp³-hybridized carbons (Fsp3) is 0.300. The third-order valence-corrected chi connectivity index (χ3v) is 3.78. The largest absolute Gasteiger partial charge is 0.497 e. The molecule has 0 unspecified atom stereocenters. The van der Waals surface area contributed by atoms with Gasteiger partial charge in [-0.3, -0.25) is 9.59 Å². The number of aryl methyl sites for hydroxylation is 1. The number of methoxy groups -OCH3 is 1. The van der Waals surface area contributed by atoms with E-state index in [9.17, 15) is 9.59 Å². The van der Waals surface area contributed by atoms with E-state index in [-0.39, 0.29) is 18.4 Å². The maximum absolute atomic E-state index is 12.0. The van der Waals surface area contributed by atoms with Gasteiger partial charge in [-0.2, -0.15) is 0 Å². The van der Waals surface area contributed by atoms with E-state index in [1.165, 1.54) is 0 Å². The number of rotatable bonds is 9. The predicted octanol–water partition coefficient (Wildman–Crippen LogP) is 2.18. The molecule has 0 bridgehead atoms. The van der Waals surface area contributed by atoms with Crippen molar-refractivity contribution >= 4 is 11.8 Å². The Hall–Kier alpha value is -3.02. The first-order valence-electron chi connectivity index (χ1n) is 8.53. The van der Waals surface area contributed by atoms with Crippen LogP contribution in [0.25, 0.3) is 0 Å². The highest BCUT2D eigenvalue weighted by Gasteiger charge is 2.07. The smallest absolute Gasteiger partial charge is 0.258 e. The molecule has 2 N–H and O–H groups in total. The molecule has 0 fully saturated rings. The van der Waals surface area contributed by atoms with Crippen LogP contribution in [0.3, 0.4) is 0 Å². The lowest BCUT2D eigenvalue weighted by Gasteiger charge is -2.11. The van der Waals surface area contributed by atoms with Crippen molar-refractivity contribution in [2.24, 2.45) is 0 Å². The third-order valence-electron chi connectivity index (χ3n) is 3.78. The molecular weight excluding hydrogens is 332 g/mol. The Bertz CT molecular complexity index is 746. The number of benzene rings is 2. The minimum atomic E-state index is -0.230. The predicted molar refractivity (Wildman–Crippen MR) is 99.7 cm³/mol. The van der Waals surface area contributed by atoms with Gasteiger partial charge in [0.1, 0.15) is 11.5 Å². The van der Waals surface area contributed by atoms with Crippen LogP contribution in [0.2, 0.25) is 0 Å². The number of ether oxygens (including phenoxy) is 2. The average Bonchev–Trinajstić information content (AvgIpc) is 2.69. The van der Waals surface area contributed by atoms with Gasteiger partial charge in [-0.1, -0.05) is 31.2 Å². The second kappa shape index (κ2) is 10.1. The van der Waals surface area contributed by atoms with Crippen molar-refractivity contribution in [2.75, 3.05) is 26.8 Å². The lowest BCUT2D eigenvalue weighted by Crippen LogP contribution is -2.36. The molecule has 2 amide bonds. The second-order valence-electron chi connectivity index (χ2n) is 5.59. The minimum Gasteiger partial charge on any atom is -0.497 e. The lowest BCUT2D eigenvalue weighted by atomic mass is 10.1. The summed E-state index contributed by atoms with van der Waals surface area (Å²) in [6.07, 6.45) is 0.841. The van der Waals surface area contributed by atoms with Crippen LogP contribution in [-0.4, -0.2) is 38.6 Å². The molecule has 0 saturated carbocycles. The van der Waals surface area contributed by atoms with Crippen molar-refractivity contribution in [3.63, 3.8) is 0 Å². The summed E-state index contributed by atoms with van der Waals surface area (Å²) in [6, 6.07) is 14.5. The van der Waals surface area contributed by atoms with Gasteiger partial charge in [-0.15, -0.1) is 0 Å². The lowest BCUT2D eigenvalue weighted by molar-refractivity contribution is -0.123. The molecule has 26 heavy (non-hydrogen) atoms. The Morgan fingerprint density at radius 1 is 1.00 bits per heavy atom. The van der Waals surface area contributed by atoms with E-state index in [2.05, 4.69) is 10.6 Å². The van der Waals surface area contributed by atoms with Gasteiger partial charge in [0.2, 0.25) is 0 Å². The summed E-state index contributed by atoms with van der Waals surface area (Å²) < 4.78 is 10.6. The maximum atomic E-state index is 12.0. The molecule has 0 aliphatic rings. The number of hydrogen-bond acceptors (Lipinski definition) is 4. The minimum absolute atomic E-state index is 0.0547. The molecule has 0 aliphatic heterocycles. The molecule has 2 aromatic rings. The summed E-state index contributed by atoms with van der Waals surface area (Å²) in [5, 5.41) is 5.46. The first kappa shape index (κ1) is 19.3. The zero-order valence-electron chi connectivity index (χ0n) is 15.1. The summed E-state index contributed by atoms with van der Waals surface area (Å²) >= 11 is 0. The highest BCUT2D eigenvalue weighted by molar-refractivity contribution is 5.94. The highest BCUT2D eigenvalue weighted by Crippen LogP contribution is 2.17. The van der Waals surface area contributed by atoms with Crippen molar-refractivity contribution in [1.82, 2.24) is 10.6 Å². The average molecular weight is 356 g/mol. The van der Waals surface area contributed by atoms with Crippen LogP contribution in [0.1, 0.15) is 22.8 Å². The molecule has 0 aromatic heterocycles. The SMILES string of the molecule is CCc1ccccc1OCC(=O)NCCNC(=O)c1cccc(OC)c1. The van der Waals surface area contributed by atoms with Gasteiger partial charge in [-0.25, -0.2) is 0 Å². The van der Waals surface area contributed by atoms with Crippen LogP contribution in [0, 0.1) is 0 Å². The number of carbonyl (C=O) groups excluding carboxylic acids is 2. The zero-order chi connectivity index (χ0) is 18.8. The van der Waals surface area contributed by atoms with Gasteiger partial charge < -0.3 is 20.1 Å². The molecule has 2 aromatic carbocycles. The van der Waals surface area contributed by atoms with E-state index in [1.807, 2.05) is 31.2 Å². The van der Waals surface area contributed by atoms with E-state index >= 15 is 0 Å². The van der Waals surface area contributed by atoms with Gasteiger partial charge in [0.25, 0.3) is 11.8 Å². The molecule has 6 heteroatoms. The fourth-order valence-electron chi connectivity index (χ4n) is 2.38. The van der Waals surface area contributed by atoms with E-state index < -0.39 is 0 Å². The summed E-state index contributed by atoms with van der Waals surface area (Å²) in [4.78, 5) is 23.9. The molecule has 0 saturated heterocycles. The topological polar surface area (TPSA) is 76.7 Å². The van der Waals surface area contributed by atoms with Crippen molar-refractivity contribution in [1.29, 1.82) is 0 Å². The molecule has 0 radical (unpaired) electrons. The number of amides is 2. The molecule has 0 spiro atoms. The van der Waals surface area contributed by atoms with Gasteiger partial charge in [0, 0.05) is 18.7 Å². The Labute approximate surface area is 153 Å². The van der Waals surface area contributed by atoms with Gasteiger partial charge >= 0.3 is 0 Å². The molecule has 138 valence electrons. The van der Waals surface area contributed by atoms with E-state index in [4.69, 9.17) is 9.47 Å². The molecular formula is C20H24N2O4. The summed E-state index contributed by atoms with van der Waals surface area (Å²) in [5.74, 6) is 0.893. The maximum Gasteiger partial charge on any atom is 0.258 e. The quantitative estimate of drug-likeness (QED) is 0.675. The summed E-state index contributed by atoms with van der Waals surface area (Å²) in [5.41, 5.74) is 1.57. The first-order chi connectivity index (χ1) is 12.6. The highest BCUT2D eigenvalue weighted by atomic mass is 16.5. The van der Waals surface area contributed by atoms with Crippen molar-refractivity contribution < 1.29 is 19.1 Å². The van der Waals surface area contributed by atoms with Gasteiger partial charge in [-0.05, 0) is 36.2 Å². The van der Waals surface area contributed by atoms with E-state index in [0.717, 1.165) is 17.7 Å². The normalized spacial score (nSPS) is 10.1. The molecule has 6 nitrogen and oxygen atoms in total. The number of carbonyl (C=O) groups is 2. The van der Waals surface area contributed by atoms with Crippen molar-refractivity contribution in [2.45, 2.75) is 13.3 Å². The molecule has 0 heterocycles. The van der Waals surface area contributed by atoms with Crippen molar-refractivity contribution in [3.05, 3.63) is 59.7 Å². The van der Waals surface area contributed by atoms with Gasteiger partial charge in [0.15, 0.2) is 6.61 Å². The van der Waals surface area contributed by atoms with E-state index in [0.29, 0.717) is 24.4 Å². The Kier molecular flexibility index (Phi) is 7.49. The zero-order valence-corrected chi connectivity index (χ0v) is 15.1. The molecule has 2 rings (SSSR count). The number of hydrogen-bond donors (Lipinski definition) is 2. The van der Waals surface area contributed by atoms with E-state index in [1.54, 1.807) is 31.4 Å². The number of nitrogens with one attached hydrogen (secondary N) is 2. The van der Waals surface area contributed by atoms with Crippen LogP contribution < -0.4 is 20.1 Å².